The smallest absolute Gasteiger partial charge is 0.207 e. The summed E-state index contributed by atoms with van der Waals surface area (Å²) in [7, 11) is -7.10. The second-order valence-corrected chi connectivity index (χ2v) is 9.86. The van der Waals surface area contributed by atoms with Crippen molar-refractivity contribution >= 4 is 20.0 Å². The number of nitrogens with zero attached hydrogens (tertiary/aromatic N) is 2. The number of sulfonamides is 2. The molecule has 1 aliphatic rings. The summed E-state index contributed by atoms with van der Waals surface area (Å²) in [5, 5.41) is 0. The fourth-order valence-corrected chi connectivity index (χ4v) is 6.00. The Bertz CT molecular complexity index is 731. The Morgan fingerprint density at radius 2 is 1.33 bits per heavy atom. The summed E-state index contributed by atoms with van der Waals surface area (Å²) in [5.74, 6) is 0. The van der Waals surface area contributed by atoms with Crippen LogP contribution < -0.4 is 0 Å². The Labute approximate surface area is 145 Å². The fourth-order valence-electron chi connectivity index (χ4n) is 2.86. The number of rotatable bonds is 8. The first kappa shape index (κ1) is 19.4. The molecule has 0 aliphatic carbocycles. The molecule has 1 aromatic carbocycles. The molecule has 0 unspecified atom stereocenters. The van der Waals surface area contributed by atoms with Crippen molar-refractivity contribution in [2.45, 2.75) is 49.3 Å². The number of benzene rings is 1. The predicted molar refractivity (Wildman–Crippen MR) is 93.8 cm³/mol. The molecule has 1 saturated heterocycles. The highest BCUT2D eigenvalue weighted by atomic mass is 32.2. The van der Waals surface area contributed by atoms with E-state index >= 15 is 0 Å². The van der Waals surface area contributed by atoms with Crippen molar-refractivity contribution in [3.05, 3.63) is 24.3 Å². The highest BCUT2D eigenvalue weighted by Crippen LogP contribution is 2.23. The van der Waals surface area contributed by atoms with E-state index in [9.17, 15) is 16.8 Å². The molecule has 0 spiro atoms. The Kier molecular flexibility index (Phi) is 6.41. The van der Waals surface area contributed by atoms with Gasteiger partial charge >= 0.3 is 0 Å². The second-order valence-electron chi connectivity index (χ2n) is 5.99. The lowest BCUT2D eigenvalue weighted by molar-refractivity contribution is 0.410. The third kappa shape index (κ3) is 3.99. The molecule has 1 aromatic rings. The minimum Gasteiger partial charge on any atom is -0.207 e. The molecular weight excluding hydrogens is 348 g/mol. The third-order valence-corrected chi connectivity index (χ3v) is 7.94. The molecule has 1 heterocycles. The Morgan fingerprint density at radius 3 is 1.79 bits per heavy atom. The number of hydrogen-bond donors (Lipinski definition) is 0. The molecule has 0 aromatic heterocycles. The van der Waals surface area contributed by atoms with Crippen LogP contribution in [0.1, 0.15) is 39.5 Å². The molecule has 1 aliphatic heterocycles. The van der Waals surface area contributed by atoms with E-state index in [1.807, 2.05) is 13.8 Å². The van der Waals surface area contributed by atoms with Crippen molar-refractivity contribution in [2.75, 3.05) is 26.2 Å². The maximum Gasteiger partial charge on any atom is 0.243 e. The van der Waals surface area contributed by atoms with Crippen molar-refractivity contribution in [3.8, 4) is 0 Å². The van der Waals surface area contributed by atoms with Crippen LogP contribution in [0.25, 0.3) is 0 Å². The molecule has 1 fully saturated rings. The maximum absolute atomic E-state index is 12.7. The van der Waals surface area contributed by atoms with Gasteiger partial charge in [0.05, 0.1) is 9.79 Å². The van der Waals surface area contributed by atoms with Crippen LogP contribution in [0.15, 0.2) is 34.1 Å². The standard InChI is InChI=1S/C16H26N2O4S2/c1-3-11-17(12-4-2)23(19,20)15-7-9-16(10-8-15)24(21,22)18-13-5-6-14-18/h7-10H,3-6,11-14H2,1-2H3. The van der Waals surface area contributed by atoms with Crippen molar-refractivity contribution in [1.82, 2.24) is 8.61 Å². The Balaban J connectivity index is 2.28. The lowest BCUT2D eigenvalue weighted by Crippen LogP contribution is -2.32. The first-order chi connectivity index (χ1) is 11.3. The van der Waals surface area contributed by atoms with Crippen molar-refractivity contribution in [1.29, 1.82) is 0 Å². The molecule has 2 rings (SSSR count). The second kappa shape index (κ2) is 7.95. The summed E-state index contributed by atoms with van der Waals surface area (Å²) in [6, 6.07) is 5.60. The Morgan fingerprint density at radius 1 is 0.875 bits per heavy atom. The SMILES string of the molecule is CCCN(CCC)S(=O)(=O)c1ccc(S(=O)(=O)N2CCCC2)cc1. The molecular formula is C16H26N2O4S2. The van der Waals surface area contributed by atoms with Crippen molar-refractivity contribution in [3.63, 3.8) is 0 Å². The Hall–Kier alpha value is -0.960. The molecule has 0 atom stereocenters. The van der Waals surface area contributed by atoms with E-state index in [2.05, 4.69) is 0 Å². The first-order valence-corrected chi connectivity index (χ1v) is 11.3. The molecule has 0 bridgehead atoms. The van der Waals surface area contributed by atoms with E-state index in [0.29, 0.717) is 26.2 Å². The van der Waals surface area contributed by atoms with E-state index < -0.39 is 20.0 Å². The highest BCUT2D eigenvalue weighted by Gasteiger charge is 2.28. The predicted octanol–water partition coefficient (Wildman–Crippen LogP) is 2.28. The van der Waals surface area contributed by atoms with Crippen LogP contribution in [-0.4, -0.2) is 51.6 Å². The van der Waals surface area contributed by atoms with Gasteiger partial charge in [-0.2, -0.15) is 8.61 Å². The highest BCUT2D eigenvalue weighted by molar-refractivity contribution is 7.89. The zero-order valence-electron chi connectivity index (χ0n) is 14.3. The van der Waals surface area contributed by atoms with Gasteiger partial charge in [0.1, 0.15) is 0 Å². The van der Waals surface area contributed by atoms with Crippen LogP contribution >= 0.6 is 0 Å². The van der Waals surface area contributed by atoms with Crippen LogP contribution in [-0.2, 0) is 20.0 Å². The molecule has 0 saturated carbocycles. The van der Waals surface area contributed by atoms with Crippen molar-refractivity contribution in [2.24, 2.45) is 0 Å². The summed E-state index contributed by atoms with van der Waals surface area (Å²) in [4.78, 5) is 0.297. The molecule has 24 heavy (non-hydrogen) atoms. The van der Waals surface area contributed by atoms with Gasteiger partial charge in [0, 0.05) is 26.2 Å². The van der Waals surface area contributed by atoms with Crippen LogP contribution in [0, 0.1) is 0 Å². The zero-order valence-corrected chi connectivity index (χ0v) is 15.9. The summed E-state index contributed by atoms with van der Waals surface area (Å²) in [5.41, 5.74) is 0. The van der Waals surface area contributed by atoms with Gasteiger partial charge in [-0.1, -0.05) is 13.8 Å². The zero-order chi connectivity index (χ0) is 17.8. The average molecular weight is 375 g/mol. The van der Waals surface area contributed by atoms with Crippen molar-refractivity contribution < 1.29 is 16.8 Å². The van der Waals surface area contributed by atoms with Gasteiger partial charge in [-0.3, -0.25) is 0 Å². The quantitative estimate of drug-likeness (QED) is 0.700. The molecule has 8 heteroatoms. The van der Waals surface area contributed by atoms with Gasteiger partial charge in [0.15, 0.2) is 0 Å². The minimum atomic E-state index is -3.58. The fraction of sp³-hybridized carbons (Fsp3) is 0.625. The molecule has 0 amide bonds. The molecule has 0 N–H and O–H groups in total. The van der Waals surface area contributed by atoms with Gasteiger partial charge in [0.25, 0.3) is 0 Å². The van der Waals surface area contributed by atoms with Gasteiger partial charge in [-0.25, -0.2) is 16.8 Å². The molecule has 136 valence electrons. The average Bonchev–Trinajstić information content (AvgIpc) is 3.10. The van der Waals surface area contributed by atoms with Crippen LogP contribution in [0.4, 0.5) is 0 Å². The largest absolute Gasteiger partial charge is 0.243 e. The minimum absolute atomic E-state index is 0.143. The lowest BCUT2D eigenvalue weighted by Gasteiger charge is -2.21. The molecule has 6 nitrogen and oxygen atoms in total. The lowest BCUT2D eigenvalue weighted by atomic mass is 10.4. The van der Waals surface area contributed by atoms with Crippen LogP contribution in [0.3, 0.4) is 0 Å². The monoisotopic (exact) mass is 374 g/mol. The van der Waals surface area contributed by atoms with E-state index in [0.717, 1.165) is 25.7 Å². The summed E-state index contributed by atoms with van der Waals surface area (Å²) >= 11 is 0. The van der Waals surface area contributed by atoms with Crippen LogP contribution in [0.5, 0.6) is 0 Å². The van der Waals surface area contributed by atoms with E-state index in [1.54, 1.807) is 0 Å². The third-order valence-electron chi connectivity index (χ3n) is 4.11. The van der Waals surface area contributed by atoms with Gasteiger partial charge < -0.3 is 0 Å². The normalized spacial score (nSPS) is 16.8. The molecule has 0 radical (unpaired) electrons. The topological polar surface area (TPSA) is 74.8 Å². The summed E-state index contributed by atoms with van der Waals surface area (Å²) < 4.78 is 53.3. The van der Waals surface area contributed by atoms with E-state index in [4.69, 9.17) is 0 Å². The summed E-state index contributed by atoms with van der Waals surface area (Å²) in [6.45, 7) is 5.86. The number of hydrogen-bond acceptors (Lipinski definition) is 4. The first-order valence-electron chi connectivity index (χ1n) is 8.44. The maximum atomic E-state index is 12.7. The van der Waals surface area contributed by atoms with Gasteiger partial charge in [-0.15, -0.1) is 0 Å². The van der Waals surface area contributed by atoms with Gasteiger partial charge in [-0.05, 0) is 49.9 Å². The van der Waals surface area contributed by atoms with Gasteiger partial charge in [0.2, 0.25) is 20.0 Å². The van der Waals surface area contributed by atoms with E-state index in [-0.39, 0.29) is 9.79 Å². The van der Waals surface area contributed by atoms with Crippen LogP contribution in [0.2, 0.25) is 0 Å². The van der Waals surface area contributed by atoms with E-state index in [1.165, 1.54) is 32.9 Å². The summed E-state index contributed by atoms with van der Waals surface area (Å²) in [6.07, 6.45) is 3.21.